The Labute approximate surface area is 268 Å². The zero-order chi connectivity index (χ0) is 34.8. The molecule has 0 radical (unpaired) electrons. The van der Waals surface area contributed by atoms with Gasteiger partial charge in [-0.05, 0) is 12.8 Å². The van der Waals surface area contributed by atoms with Crippen LogP contribution in [0.4, 0.5) is 0 Å². The maximum Gasteiger partial charge on any atom is 0.306 e. The largest absolute Gasteiger partial charge is 0.463 e. The summed E-state index contributed by atoms with van der Waals surface area (Å²) in [6, 6.07) is 0. The van der Waals surface area contributed by atoms with Gasteiger partial charge in [0.25, 0.3) is 0 Å². The average molecular weight is 669 g/mol. The smallest absolute Gasteiger partial charge is 0.306 e. The number of carbonyl (C=O) groups is 4. The van der Waals surface area contributed by atoms with Crippen LogP contribution in [-0.2, 0) is 47.6 Å². The summed E-state index contributed by atoms with van der Waals surface area (Å²) in [5.74, 6) is -2.94. The molecule has 46 heavy (non-hydrogen) atoms. The predicted octanol–water partition coefficient (Wildman–Crippen LogP) is -0.259. The van der Waals surface area contributed by atoms with Crippen LogP contribution in [0.15, 0.2) is 0 Å². The Morgan fingerprint density at radius 2 is 1.17 bits per heavy atom. The normalized spacial score (nSPS) is 24.6. The number of esters is 4. The van der Waals surface area contributed by atoms with Crippen LogP contribution in [0.2, 0.25) is 0 Å². The van der Waals surface area contributed by atoms with E-state index in [1.165, 1.54) is 13.8 Å². The quantitative estimate of drug-likeness (QED) is 0.0377. The summed E-state index contributed by atoms with van der Waals surface area (Å²) in [6.07, 6.45) is -15.1. The third-order valence-electron chi connectivity index (χ3n) is 7.20. The van der Waals surface area contributed by atoms with Gasteiger partial charge in [0.15, 0.2) is 24.6 Å². The molecule has 6 N–H and O–H groups in total. The Hall–Kier alpha value is -2.44. The fourth-order valence-electron chi connectivity index (χ4n) is 4.41. The van der Waals surface area contributed by atoms with Crippen LogP contribution in [0.1, 0.15) is 91.9 Å². The van der Waals surface area contributed by atoms with Crippen LogP contribution < -0.4 is 0 Å². The number of unbranched alkanes of at least 4 members (excludes halogenated alkanes) is 4. The number of rotatable bonds is 22. The minimum Gasteiger partial charge on any atom is -0.463 e. The van der Waals surface area contributed by atoms with Crippen molar-refractivity contribution in [2.75, 3.05) is 13.2 Å². The van der Waals surface area contributed by atoms with E-state index in [2.05, 4.69) is 0 Å². The molecule has 1 fully saturated rings. The molecule has 16 nitrogen and oxygen atoms in total. The third kappa shape index (κ3) is 13.7. The van der Waals surface area contributed by atoms with Crippen LogP contribution in [0.25, 0.3) is 0 Å². The molecular formula is C30H52O16. The molecule has 1 aliphatic heterocycles. The number of ether oxygens (including phenoxy) is 6. The molecule has 1 rings (SSSR count). The first-order valence-electron chi connectivity index (χ1n) is 15.9. The highest BCUT2D eigenvalue weighted by atomic mass is 16.8. The number of carbonyl (C=O) groups excluding carboxylic acids is 4. The molecule has 0 aliphatic carbocycles. The molecule has 0 bridgehead atoms. The van der Waals surface area contributed by atoms with Gasteiger partial charge in [-0.25, -0.2) is 0 Å². The predicted molar refractivity (Wildman–Crippen MR) is 156 cm³/mol. The molecule has 0 aromatic carbocycles. The molecule has 1 unspecified atom stereocenters. The Morgan fingerprint density at radius 3 is 1.70 bits per heavy atom. The topological polar surface area (TPSA) is 245 Å². The molecule has 1 heterocycles. The summed E-state index contributed by atoms with van der Waals surface area (Å²) >= 11 is 0. The average Bonchev–Trinajstić information content (AvgIpc) is 3.04. The maximum absolute atomic E-state index is 12.9. The van der Waals surface area contributed by atoms with Crippen molar-refractivity contribution in [3.05, 3.63) is 0 Å². The van der Waals surface area contributed by atoms with E-state index in [1.807, 2.05) is 13.8 Å². The van der Waals surface area contributed by atoms with Gasteiger partial charge < -0.3 is 59.1 Å². The second-order valence-corrected chi connectivity index (χ2v) is 11.0. The Morgan fingerprint density at radius 1 is 0.652 bits per heavy atom. The number of hydrogen-bond acceptors (Lipinski definition) is 16. The first-order valence-corrected chi connectivity index (χ1v) is 15.9. The fourth-order valence-corrected chi connectivity index (χ4v) is 4.41. The molecule has 0 aromatic rings. The highest BCUT2D eigenvalue weighted by Crippen LogP contribution is 2.32. The van der Waals surface area contributed by atoms with Crippen LogP contribution >= 0.6 is 0 Å². The van der Waals surface area contributed by atoms with E-state index in [0.717, 1.165) is 25.7 Å². The molecule has 1 aliphatic rings. The second-order valence-electron chi connectivity index (χ2n) is 11.0. The van der Waals surface area contributed by atoms with Gasteiger partial charge in [0.05, 0.1) is 6.61 Å². The zero-order valence-corrected chi connectivity index (χ0v) is 27.0. The van der Waals surface area contributed by atoms with Crippen molar-refractivity contribution in [3.63, 3.8) is 0 Å². The summed E-state index contributed by atoms with van der Waals surface area (Å²) in [4.78, 5) is 50.4. The van der Waals surface area contributed by atoms with E-state index >= 15 is 0 Å². The number of aliphatic hydroxyl groups excluding tert-OH is 6. The zero-order valence-electron chi connectivity index (χ0n) is 27.0. The SMILES string of the molecule is CCCCCC(=O)OC[C@H]1O[C@H](OC(O)[C@@H](O)[C@@H](O)[C@H](O)[C@H](O)CO)[C@@H](OC(=O)CC)[C@@H](OC(=O)CC)[C@@H]1OC(=O)CCCCC. The van der Waals surface area contributed by atoms with E-state index in [0.29, 0.717) is 12.8 Å². The first-order chi connectivity index (χ1) is 21.8. The van der Waals surface area contributed by atoms with E-state index in [9.17, 15) is 44.7 Å². The first kappa shape index (κ1) is 41.6. The van der Waals surface area contributed by atoms with E-state index in [1.54, 1.807) is 0 Å². The molecule has 0 aromatic heterocycles. The molecule has 10 atom stereocenters. The number of aliphatic hydroxyl groups is 6. The highest BCUT2D eigenvalue weighted by Gasteiger charge is 2.54. The van der Waals surface area contributed by atoms with Crippen molar-refractivity contribution >= 4 is 23.9 Å². The Balaban J connectivity index is 3.49. The molecule has 268 valence electrons. The monoisotopic (exact) mass is 668 g/mol. The summed E-state index contributed by atoms with van der Waals surface area (Å²) in [6.45, 7) is 5.32. The van der Waals surface area contributed by atoms with Crippen molar-refractivity contribution in [1.82, 2.24) is 0 Å². The summed E-state index contributed by atoms with van der Waals surface area (Å²) in [7, 11) is 0. The van der Waals surface area contributed by atoms with Gasteiger partial charge in [0, 0.05) is 25.7 Å². The third-order valence-corrected chi connectivity index (χ3v) is 7.20. The molecule has 16 heteroatoms. The van der Waals surface area contributed by atoms with Crippen molar-refractivity contribution < 1.29 is 78.2 Å². The summed E-state index contributed by atoms with van der Waals surface area (Å²) in [5.41, 5.74) is 0. The lowest BCUT2D eigenvalue weighted by Gasteiger charge is -2.45. The van der Waals surface area contributed by atoms with Gasteiger partial charge in [-0.3, -0.25) is 19.2 Å². The summed E-state index contributed by atoms with van der Waals surface area (Å²) in [5, 5.41) is 60.0. The Bertz CT molecular complexity index is 915. The van der Waals surface area contributed by atoms with Gasteiger partial charge in [-0.1, -0.05) is 53.4 Å². The standard InChI is InChI=1S/C30H52O16/c1-5-9-11-13-21(35)41-16-18-26(45-22(36)14-12-10-6-2)27(43-19(33)7-3)28(44-20(34)8-4)30(42-18)46-29(40)25(39)24(38)23(37)17(32)15-31/h17-18,23-32,37-40H,5-16H2,1-4H3/t17-,18-,23-,24+,25+,26-,27+,28+,29?,30-/m1/s1. The second kappa shape index (κ2) is 22.2. The van der Waals surface area contributed by atoms with Crippen LogP contribution in [0.5, 0.6) is 0 Å². The Kier molecular flexibility index (Phi) is 20.1. The minimum atomic E-state index is -2.39. The van der Waals surface area contributed by atoms with Gasteiger partial charge >= 0.3 is 23.9 Å². The lowest BCUT2D eigenvalue weighted by atomic mass is 9.97. The molecule has 0 saturated carbocycles. The van der Waals surface area contributed by atoms with E-state index < -0.39 is 98.5 Å². The summed E-state index contributed by atoms with van der Waals surface area (Å²) < 4.78 is 33.4. The van der Waals surface area contributed by atoms with Gasteiger partial charge in [-0.2, -0.15) is 0 Å². The van der Waals surface area contributed by atoms with Gasteiger partial charge in [0.1, 0.15) is 37.1 Å². The van der Waals surface area contributed by atoms with E-state index in [-0.39, 0.29) is 25.7 Å². The molecule has 0 amide bonds. The van der Waals surface area contributed by atoms with E-state index in [4.69, 9.17) is 33.5 Å². The van der Waals surface area contributed by atoms with Crippen LogP contribution in [0.3, 0.4) is 0 Å². The fraction of sp³-hybridized carbons (Fsp3) is 0.867. The van der Waals surface area contributed by atoms with Gasteiger partial charge in [0.2, 0.25) is 6.29 Å². The van der Waals surface area contributed by atoms with Crippen molar-refractivity contribution in [2.24, 2.45) is 0 Å². The number of hydrogen-bond donors (Lipinski definition) is 6. The highest BCUT2D eigenvalue weighted by molar-refractivity contribution is 5.71. The molecule has 0 spiro atoms. The molecular weight excluding hydrogens is 616 g/mol. The van der Waals surface area contributed by atoms with Crippen molar-refractivity contribution in [3.8, 4) is 0 Å². The van der Waals surface area contributed by atoms with Crippen molar-refractivity contribution in [1.29, 1.82) is 0 Å². The van der Waals surface area contributed by atoms with Gasteiger partial charge in [-0.15, -0.1) is 0 Å². The van der Waals surface area contributed by atoms with Crippen LogP contribution in [-0.4, -0.2) is 129 Å². The van der Waals surface area contributed by atoms with Crippen molar-refractivity contribution in [2.45, 2.75) is 153 Å². The molecule has 1 saturated heterocycles. The lowest BCUT2D eigenvalue weighted by Crippen LogP contribution is -2.64. The maximum atomic E-state index is 12.9. The lowest BCUT2D eigenvalue weighted by molar-refractivity contribution is -0.349. The van der Waals surface area contributed by atoms with Crippen LogP contribution in [0, 0.1) is 0 Å². The minimum absolute atomic E-state index is 0.00748.